The van der Waals surface area contributed by atoms with Crippen molar-refractivity contribution >= 4 is 16.7 Å². The van der Waals surface area contributed by atoms with E-state index in [0.29, 0.717) is 0 Å². The molecule has 4 rings (SSSR count). The zero-order valence-electron chi connectivity index (χ0n) is 12.9. The zero-order valence-corrected chi connectivity index (χ0v) is 12.9. The number of fused-ring (bicyclic) bond motifs is 2. The van der Waals surface area contributed by atoms with Gasteiger partial charge in [0, 0.05) is 11.9 Å². The smallest absolute Gasteiger partial charge is 0.129 e. The maximum Gasteiger partial charge on any atom is 0.129 e. The van der Waals surface area contributed by atoms with Gasteiger partial charge in [-0.05, 0) is 60.8 Å². The number of nitrogens with zero attached hydrogens (tertiary/aromatic N) is 1. The van der Waals surface area contributed by atoms with Gasteiger partial charge in [0.25, 0.3) is 0 Å². The first kappa shape index (κ1) is 13.1. The van der Waals surface area contributed by atoms with E-state index in [0.717, 1.165) is 36.1 Å². The fraction of sp³-hybridized carbons (Fsp3) is 0.526. The highest BCUT2D eigenvalue weighted by molar-refractivity contribution is 5.83. The van der Waals surface area contributed by atoms with Crippen molar-refractivity contribution in [2.45, 2.75) is 45.4 Å². The second kappa shape index (κ2) is 5.32. The van der Waals surface area contributed by atoms with Crippen LogP contribution >= 0.6 is 0 Å². The molecule has 1 aliphatic carbocycles. The number of benzene rings is 1. The highest BCUT2D eigenvalue weighted by atomic mass is 15.0. The average Bonchev–Trinajstić information content (AvgIpc) is 3.10. The van der Waals surface area contributed by atoms with Gasteiger partial charge in [-0.2, -0.15) is 0 Å². The molecule has 1 saturated carbocycles. The molecular formula is C19H24N2. The Kier molecular flexibility index (Phi) is 3.33. The molecule has 2 aliphatic rings. The largest absolute Gasteiger partial charge is 0.369 e. The average molecular weight is 280 g/mol. The molecule has 1 N–H and O–H groups in total. The maximum absolute atomic E-state index is 4.80. The Hall–Kier alpha value is -1.57. The standard InChI is InChI=1S/C19H24N2/c1-13-2-3-14(10-13)4-5-15-6-7-16-12-17-8-9-20-19(17)21-18(16)11-15/h6-7,11-14H,2-5,8-10H2,1H3,(H,20,21). The van der Waals surface area contributed by atoms with Crippen LogP contribution < -0.4 is 5.32 Å². The molecule has 2 atom stereocenters. The molecule has 1 fully saturated rings. The SMILES string of the molecule is CC1CCC(CCc2ccc3cc4c(nc3c2)NCC4)C1. The number of nitrogens with one attached hydrogen (secondary N) is 1. The lowest BCUT2D eigenvalue weighted by molar-refractivity contribution is 0.480. The van der Waals surface area contributed by atoms with Gasteiger partial charge in [-0.15, -0.1) is 0 Å². The van der Waals surface area contributed by atoms with Gasteiger partial charge in [0.1, 0.15) is 5.82 Å². The first-order valence-electron chi connectivity index (χ1n) is 8.44. The summed E-state index contributed by atoms with van der Waals surface area (Å²) >= 11 is 0. The quantitative estimate of drug-likeness (QED) is 0.890. The van der Waals surface area contributed by atoms with Crippen LogP contribution in [0, 0.1) is 11.8 Å². The van der Waals surface area contributed by atoms with Crippen LogP contribution in [0.5, 0.6) is 0 Å². The van der Waals surface area contributed by atoms with Gasteiger partial charge < -0.3 is 5.32 Å². The summed E-state index contributed by atoms with van der Waals surface area (Å²) in [6, 6.07) is 9.17. The summed E-state index contributed by atoms with van der Waals surface area (Å²) in [5.74, 6) is 3.00. The molecule has 1 aliphatic heterocycles. The van der Waals surface area contributed by atoms with E-state index in [2.05, 4.69) is 36.5 Å². The fourth-order valence-electron chi connectivity index (χ4n) is 4.03. The predicted octanol–water partition coefficient (Wildman–Crippen LogP) is 4.57. The Morgan fingerprint density at radius 2 is 2.19 bits per heavy atom. The van der Waals surface area contributed by atoms with E-state index in [1.807, 2.05) is 0 Å². The Balaban J connectivity index is 1.52. The summed E-state index contributed by atoms with van der Waals surface area (Å²) < 4.78 is 0. The molecule has 2 unspecified atom stereocenters. The van der Waals surface area contributed by atoms with Gasteiger partial charge in [0.15, 0.2) is 0 Å². The van der Waals surface area contributed by atoms with Crippen LogP contribution in [0.25, 0.3) is 10.9 Å². The Morgan fingerprint density at radius 1 is 1.24 bits per heavy atom. The molecule has 1 aromatic carbocycles. The van der Waals surface area contributed by atoms with Crippen LogP contribution in [-0.4, -0.2) is 11.5 Å². The van der Waals surface area contributed by atoms with Gasteiger partial charge >= 0.3 is 0 Å². The first-order valence-corrected chi connectivity index (χ1v) is 8.44. The highest BCUT2D eigenvalue weighted by Gasteiger charge is 2.20. The van der Waals surface area contributed by atoms with E-state index in [9.17, 15) is 0 Å². The number of aryl methyl sites for hydroxylation is 1. The van der Waals surface area contributed by atoms with Crippen LogP contribution in [0.4, 0.5) is 5.82 Å². The van der Waals surface area contributed by atoms with Crippen LogP contribution in [-0.2, 0) is 12.8 Å². The topological polar surface area (TPSA) is 24.9 Å². The number of aromatic nitrogens is 1. The third-order valence-corrected chi connectivity index (χ3v) is 5.29. The van der Waals surface area contributed by atoms with Crippen molar-refractivity contribution in [2.24, 2.45) is 11.8 Å². The molecule has 2 heteroatoms. The molecule has 0 amide bonds. The Labute approximate surface area is 127 Å². The van der Waals surface area contributed by atoms with Crippen LogP contribution in [0.2, 0.25) is 0 Å². The van der Waals surface area contributed by atoms with Gasteiger partial charge in [-0.25, -0.2) is 4.98 Å². The molecule has 0 radical (unpaired) electrons. The summed E-state index contributed by atoms with van der Waals surface area (Å²) in [5.41, 5.74) is 3.98. The summed E-state index contributed by atoms with van der Waals surface area (Å²) in [7, 11) is 0. The van der Waals surface area contributed by atoms with E-state index in [-0.39, 0.29) is 0 Å². The highest BCUT2D eigenvalue weighted by Crippen LogP contribution is 2.33. The zero-order chi connectivity index (χ0) is 14.2. The summed E-state index contributed by atoms with van der Waals surface area (Å²) in [4.78, 5) is 4.80. The minimum absolute atomic E-state index is 0.946. The number of anilines is 1. The Bertz CT molecular complexity index is 662. The molecule has 110 valence electrons. The van der Waals surface area contributed by atoms with Crippen molar-refractivity contribution in [3.63, 3.8) is 0 Å². The molecule has 0 spiro atoms. The molecule has 0 bridgehead atoms. The van der Waals surface area contributed by atoms with Gasteiger partial charge in [0.2, 0.25) is 0 Å². The van der Waals surface area contributed by atoms with E-state index >= 15 is 0 Å². The first-order chi connectivity index (χ1) is 10.3. The molecule has 0 saturated heterocycles. The van der Waals surface area contributed by atoms with E-state index < -0.39 is 0 Å². The second-order valence-corrected chi connectivity index (χ2v) is 7.02. The van der Waals surface area contributed by atoms with Crippen LogP contribution in [0.15, 0.2) is 24.3 Å². The maximum atomic E-state index is 4.80. The third kappa shape index (κ3) is 2.64. The minimum atomic E-state index is 0.946. The molecule has 2 aromatic rings. The lowest BCUT2D eigenvalue weighted by Gasteiger charge is -2.10. The minimum Gasteiger partial charge on any atom is -0.369 e. The van der Waals surface area contributed by atoms with Crippen molar-refractivity contribution in [1.82, 2.24) is 4.98 Å². The van der Waals surface area contributed by atoms with Crippen molar-refractivity contribution in [2.75, 3.05) is 11.9 Å². The van der Waals surface area contributed by atoms with E-state index in [1.54, 1.807) is 0 Å². The van der Waals surface area contributed by atoms with Crippen molar-refractivity contribution in [3.8, 4) is 0 Å². The van der Waals surface area contributed by atoms with E-state index in [4.69, 9.17) is 4.98 Å². The lowest BCUT2D eigenvalue weighted by atomic mass is 9.96. The van der Waals surface area contributed by atoms with Gasteiger partial charge in [-0.3, -0.25) is 0 Å². The summed E-state index contributed by atoms with van der Waals surface area (Å²) in [5, 5.41) is 4.67. The predicted molar refractivity (Wildman–Crippen MR) is 88.8 cm³/mol. The lowest BCUT2D eigenvalue weighted by Crippen LogP contribution is -1.98. The molecule has 2 nitrogen and oxygen atoms in total. The van der Waals surface area contributed by atoms with Crippen molar-refractivity contribution < 1.29 is 0 Å². The van der Waals surface area contributed by atoms with Crippen LogP contribution in [0.3, 0.4) is 0 Å². The van der Waals surface area contributed by atoms with Crippen molar-refractivity contribution in [3.05, 3.63) is 35.4 Å². The Morgan fingerprint density at radius 3 is 3.05 bits per heavy atom. The number of rotatable bonds is 3. The number of hydrogen-bond acceptors (Lipinski definition) is 2. The summed E-state index contributed by atoms with van der Waals surface area (Å²) in [6.07, 6.45) is 7.97. The fourth-order valence-corrected chi connectivity index (χ4v) is 4.03. The number of pyridine rings is 1. The number of hydrogen-bond donors (Lipinski definition) is 1. The van der Waals surface area contributed by atoms with Gasteiger partial charge in [-0.1, -0.05) is 31.9 Å². The monoisotopic (exact) mass is 280 g/mol. The van der Waals surface area contributed by atoms with E-state index in [1.165, 1.54) is 48.6 Å². The van der Waals surface area contributed by atoms with Crippen LogP contribution in [0.1, 0.15) is 43.7 Å². The molecular weight excluding hydrogens is 256 g/mol. The van der Waals surface area contributed by atoms with Gasteiger partial charge in [0.05, 0.1) is 5.52 Å². The normalized spacial score (nSPS) is 24.2. The summed E-state index contributed by atoms with van der Waals surface area (Å²) in [6.45, 7) is 3.43. The third-order valence-electron chi connectivity index (χ3n) is 5.29. The van der Waals surface area contributed by atoms with Crippen molar-refractivity contribution in [1.29, 1.82) is 0 Å². The molecule has 2 heterocycles. The second-order valence-electron chi connectivity index (χ2n) is 7.02. The molecule has 1 aromatic heterocycles. The molecule has 21 heavy (non-hydrogen) atoms.